The van der Waals surface area contributed by atoms with Crippen LogP contribution in [0.15, 0.2) is 23.0 Å². The predicted octanol–water partition coefficient (Wildman–Crippen LogP) is 1.95. The topological polar surface area (TPSA) is 94.2 Å². The fraction of sp³-hybridized carbons (Fsp3) is 0.611. The van der Waals surface area contributed by atoms with Gasteiger partial charge in [-0.05, 0) is 31.7 Å². The smallest absolute Gasteiger partial charge is 0.291 e. The number of hydrogen-bond donors (Lipinski definition) is 0. The number of nitrogens with zero attached hydrogens (tertiary/aromatic N) is 5. The van der Waals surface area contributed by atoms with Crippen LogP contribution in [0.4, 0.5) is 0 Å². The first kappa shape index (κ1) is 17.1. The molecule has 0 bridgehead atoms. The number of amides is 1. The summed E-state index contributed by atoms with van der Waals surface area (Å²) in [4.78, 5) is 27.3. The summed E-state index contributed by atoms with van der Waals surface area (Å²) < 4.78 is 11.0. The van der Waals surface area contributed by atoms with E-state index in [4.69, 9.17) is 14.2 Å². The van der Waals surface area contributed by atoms with Gasteiger partial charge < -0.3 is 14.2 Å². The Morgan fingerprint density at radius 3 is 2.81 bits per heavy atom. The quantitative estimate of drug-likeness (QED) is 0.828. The van der Waals surface area contributed by atoms with Crippen molar-refractivity contribution in [2.24, 2.45) is 0 Å². The zero-order valence-corrected chi connectivity index (χ0v) is 14.9. The van der Waals surface area contributed by atoms with Crippen LogP contribution >= 0.6 is 0 Å². The summed E-state index contributed by atoms with van der Waals surface area (Å²) in [6.07, 6.45) is 6.80. The lowest BCUT2D eigenvalue weighted by Gasteiger charge is -2.38. The lowest BCUT2D eigenvalue weighted by molar-refractivity contribution is 0.0629. The fourth-order valence-corrected chi connectivity index (χ4v) is 3.74. The van der Waals surface area contributed by atoms with Gasteiger partial charge in [0.2, 0.25) is 11.7 Å². The van der Waals surface area contributed by atoms with Crippen molar-refractivity contribution >= 4 is 5.91 Å². The third-order valence-corrected chi connectivity index (χ3v) is 5.29. The third kappa shape index (κ3) is 3.33. The van der Waals surface area contributed by atoms with Crippen molar-refractivity contribution in [1.82, 2.24) is 25.0 Å². The molecule has 0 spiro atoms. The summed E-state index contributed by atoms with van der Waals surface area (Å²) in [6.45, 7) is 4.79. The van der Waals surface area contributed by atoms with Crippen molar-refractivity contribution < 1.29 is 14.1 Å². The van der Waals surface area contributed by atoms with E-state index in [1.807, 2.05) is 0 Å². The first-order valence-electron chi connectivity index (χ1n) is 9.14. The number of carbonyl (C=O) groups is 1. The highest BCUT2D eigenvalue weighted by Gasteiger charge is 2.39. The molecule has 2 fully saturated rings. The van der Waals surface area contributed by atoms with E-state index >= 15 is 0 Å². The van der Waals surface area contributed by atoms with E-state index in [1.54, 1.807) is 23.4 Å². The molecule has 2 aliphatic heterocycles. The van der Waals surface area contributed by atoms with Crippen LogP contribution in [0.3, 0.4) is 0 Å². The summed E-state index contributed by atoms with van der Waals surface area (Å²) in [5.74, 6) is 1.73. The van der Waals surface area contributed by atoms with Crippen LogP contribution in [-0.2, 0) is 10.2 Å². The Kier molecular flexibility index (Phi) is 4.67. The molecule has 2 aromatic heterocycles. The largest absolute Gasteiger partial charge is 0.381 e. The molecule has 0 aromatic carbocycles. The minimum Gasteiger partial charge on any atom is -0.381 e. The SMILES string of the molecule is CC1(c2noc(C3CCOCC3)n2)CCCN(C(=O)c2ncccn2)C1. The van der Waals surface area contributed by atoms with Crippen LogP contribution in [0.1, 0.15) is 60.9 Å². The molecule has 0 aliphatic carbocycles. The number of carbonyl (C=O) groups excluding carboxylic acids is 1. The van der Waals surface area contributed by atoms with Gasteiger partial charge in [0.15, 0.2) is 5.82 Å². The molecule has 1 unspecified atom stereocenters. The molecule has 1 amide bonds. The number of likely N-dealkylation sites (tertiary alicyclic amines) is 1. The monoisotopic (exact) mass is 357 g/mol. The molecule has 1 atom stereocenters. The Balaban J connectivity index is 1.50. The van der Waals surface area contributed by atoms with E-state index in [0.29, 0.717) is 24.8 Å². The number of piperidine rings is 1. The van der Waals surface area contributed by atoms with E-state index in [1.165, 1.54) is 0 Å². The average molecular weight is 357 g/mol. The molecule has 2 aromatic rings. The van der Waals surface area contributed by atoms with E-state index in [-0.39, 0.29) is 23.1 Å². The zero-order valence-electron chi connectivity index (χ0n) is 14.9. The molecule has 8 heteroatoms. The highest BCUT2D eigenvalue weighted by atomic mass is 16.5. The van der Waals surface area contributed by atoms with Crippen molar-refractivity contribution in [1.29, 1.82) is 0 Å². The van der Waals surface area contributed by atoms with Gasteiger partial charge >= 0.3 is 0 Å². The van der Waals surface area contributed by atoms with Gasteiger partial charge in [-0.25, -0.2) is 9.97 Å². The highest BCUT2D eigenvalue weighted by molar-refractivity contribution is 5.90. The van der Waals surface area contributed by atoms with Gasteiger partial charge in [-0.1, -0.05) is 12.1 Å². The van der Waals surface area contributed by atoms with Crippen molar-refractivity contribution in [3.05, 3.63) is 36.0 Å². The van der Waals surface area contributed by atoms with Gasteiger partial charge in [0.05, 0.1) is 0 Å². The minimum absolute atomic E-state index is 0.148. The van der Waals surface area contributed by atoms with Gasteiger partial charge in [0.1, 0.15) is 0 Å². The standard InChI is InChI=1S/C18H23N5O3/c1-18(17-21-15(26-22-17)13-4-10-25-11-5-13)6-2-9-23(12-18)16(24)14-19-7-3-8-20-14/h3,7-8,13H,2,4-6,9-12H2,1H3. The molecule has 2 saturated heterocycles. The first-order chi connectivity index (χ1) is 12.7. The summed E-state index contributed by atoms with van der Waals surface area (Å²) in [6, 6.07) is 1.70. The van der Waals surface area contributed by atoms with Gasteiger partial charge in [0.25, 0.3) is 5.91 Å². The van der Waals surface area contributed by atoms with Crippen molar-refractivity contribution in [2.45, 2.75) is 43.9 Å². The molecule has 4 heterocycles. The molecule has 2 aliphatic rings. The van der Waals surface area contributed by atoms with Gasteiger partial charge in [0, 0.05) is 50.0 Å². The summed E-state index contributed by atoms with van der Waals surface area (Å²) in [5, 5.41) is 4.26. The second-order valence-corrected chi connectivity index (χ2v) is 7.31. The van der Waals surface area contributed by atoms with Gasteiger partial charge in [-0.3, -0.25) is 4.79 Å². The molecule has 0 radical (unpaired) electrons. The van der Waals surface area contributed by atoms with Gasteiger partial charge in [-0.15, -0.1) is 0 Å². The maximum atomic E-state index is 12.7. The lowest BCUT2D eigenvalue weighted by Crippen LogP contribution is -2.48. The minimum atomic E-state index is -0.324. The number of rotatable bonds is 3. The number of aromatic nitrogens is 4. The van der Waals surface area contributed by atoms with Crippen LogP contribution < -0.4 is 0 Å². The summed E-state index contributed by atoms with van der Waals surface area (Å²) >= 11 is 0. The lowest BCUT2D eigenvalue weighted by atomic mass is 9.81. The third-order valence-electron chi connectivity index (χ3n) is 5.29. The second kappa shape index (κ2) is 7.11. The number of ether oxygens (including phenoxy) is 1. The molecule has 4 rings (SSSR count). The Bertz CT molecular complexity index is 759. The second-order valence-electron chi connectivity index (χ2n) is 7.31. The summed E-state index contributed by atoms with van der Waals surface area (Å²) in [5.41, 5.74) is -0.324. The zero-order chi connectivity index (χ0) is 18.0. The maximum Gasteiger partial charge on any atom is 0.291 e. The van der Waals surface area contributed by atoms with E-state index in [9.17, 15) is 4.79 Å². The van der Waals surface area contributed by atoms with Gasteiger partial charge in [-0.2, -0.15) is 4.98 Å². The van der Waals surface area contributed by atoms with E-state index in [2.05, 4.69) is 22.0 Å². The van der Waals surface area contributed by atoms with Crippen molar-refractivity contribution in [3.63, 3.8) is 0 Å². The van der Waals surface area contributed by atoms with Crippen LogP contribution in [-0.4, -0.2) is 57.2 Å². The maximum absolute atomic E-state index is 12.7. The average Bonchev–Trinajstić information content (AvgIpc) is 3.20. The Morgan fingerprint density at radius 1 is 1.27 bits per heavy atom. The number of hydrogen-bond acceptors (Lipinski definition) is 7. The molecule has 0 N–H and O–H groups in total. The Morgan fingerprint density at radius 2 is 2.04 bits per heavy atom. The Hall–Kier alpha value is -2.35. The van der Waals surface area contributed by atoms with E-state index < -0.39 is 0 Å². The van der Waals surface area contributed by atoms with Crippen LogP contribution in [0.2, 0.25) is 0 Å². The van der Waals surface area contributed by atoms with Crippen molar-refractivity contribution in [2.75, 3.05) is 26.3 Å². The van der Waals surface area contributed by atoms with Crippen molar-refractivity contribution in [3.8, 4) is 0 Å². The molecule has 8 nitrogen and oxygen atoms in total. The molecule has 26 heavy (non-hydrogen) atoms. The predicted molar refractivity (Wildman–Crippen MR) is 91.6 cm³/mol. The fourth-order valence-electron chi connectivity index (χ4n) is 3.74. The van der Waals surface area contributed by atoms with Crippen LogP contribution in [0.5, 0.6) is 0 Å². The summed E-state index contributed by atoms with van der Waals surface area (Å²) in [7, 11) is 0. The molecular formula is C18H23N5O3. The molecule has 138 valence electrons. The van der Waals surface area contributed by atoms with Crippen LogP contribution in [0.25, 0.3) is 0 Å². The normalized spacial score (nSPS) is 24.6. The molecule has 0 saturated carbocycles. The van der Waals surface area contributed by atoms with E-state index in [0.717, 1.165) is 38.9 Å². The van der Waals surface area contributed by atoms with Crippen LogP contribution in [0, 0.1) is 0 Å². The Labute approximate surface area is 152 Å². The first-order valence-corrected chi connectivity index (χ1v) is 9.14. The highest BCUT2D eigenvalue weighted by Crippen LogP contribution is 2.34. The molecular weight excluding hydrogens is 334 g/mol.